The number of benzene rings is 2. The lowest BCUT2D eigenvalue weighted by molar-refractivity contribution is -0.136. The van der Waals surface area contributed by atoms with Crippen molar-refractivity contribution in [3.63, 3.8) is 0 Å². The summed E-state index contributed by atoms with van der Waals surface area (Å²) in [5, 5.41) is 6.11. The van der Waals surface area contributed by atoms with Gasteiger partial charge in [0.2, 0.25) is 10.0 Å². The van der Waals surface area contributed by atoms with Crippen LogP contribution in [0.5, 0.6) is 0 Å². The van der Waals surface area contributed by atoms with Crippen LogP contribution in [0.1, 0.15) is 11.5 Å². The molecule has 0 saturated heterocycles. The molecule has 3 N–H and O–H groups in total. The van der Waals surface area contributed by atoms with Crippen LogP contribution in [-0.4, -0.2) is 26.4 Å². The average molecular weight is 505 g/mol. The van der Waals surface area contributed by atoms with Gasteiger partial charge in [-0.05, 0) is 52.3 Å². The van der Waals surface area contributed by atoms with Crippen molar-refractivity contribution >= 4 is 49.7 Å². The van der Waals surface area contributed by atoms with Crippen LogP contribution in [0.4, 0.5) is 5.69 Å². The van der Waals surface area contributed by atoms with E-state index in [2.05, 4.69) is 36.5 Å². The van der Waals surface area contributed by atoms with Crippen LogP contribution < -0.4 is 15.5 Å². The van der Waals surface area contributed by atoms with E-state index in [1.54, 1.807) is 54.6 Å². The predicted octanol–water partition coefficient (Wildman–Crippen LogP) is 2.61. The van der Waals surface area contributed by atoms with Crippen LogP contribution >= 0.6 is 15.9 Å². The van der Waals surface area contributed by atoms with E-state index in [4.69, 9.17) is 4.42 Å². The molecule has 31 heavy (non-hydrogen) atoms. The summed E-state index contributed by atoms with van der Waals surface area (Å²) in [6.45, 7) is -0.0637. The molecule has 0 unspecified atom stereocenters. The number of sulfonamides is 1. The first-order chi connectivity index (χ1) is 14.8. The fourth-order valence-corrected chi connectivity index (χ4v) is 3.75. The van der Waals surface area contributed by atoms with Crippen molar-refractivity contribution < 1.29 is 22.4 Å². The molecule has 0 fully saturated rings. The molecule has 0 saturated carbocycles. The summed E-state index contributed by atoms with van der Waals surface area (Å²) < 4.78 is 32.9. The molecular formula is C20H17BrN4O5S. The second kappa shape index (κ2) is 10.2. The summed E-state index contributed by atoms with van der Waals surface area (Å²) in [7, 11) is -3.66. The number of anilines is 1. The highest BCUT2D eigenvalue weighted by Crippen LogP contribution is 2.20. The van der Waals surface area contributed by atoms with E-state index in [0.717, 1.165) is 0 Å². The molecule has 0 atom stereocenters. The van der Waals surface area contributed by atoms with Crippen LogP contribution in [0, 0.1) is 0 Å². The van der Waals surface area contributed by atoms with Crippen LogP contribution in [0.3, 0.4) is 0 Å². The average Bonchev–Trinajstić information content (AvgIpc) is 3.22. The molecular weight excluding hydrogens is 488 g/mol. The maximum absolute atomic E-state index is 12.2. The summed E-state index contributed by atoms with van der Waals surface area (Å²) in [5.74, 6) is -1.24. The zero-order chi connectivity index (χ0) is 22.3. The zero-order valence-electron chi connectivity index (χ0n) is 15.9. The fourth-order valence-electron chi connectivity index (χ4n) is 2.35. The van der Waals surface area contributed by atoms with Gasteiger partial charge < -0.3 is 9.73 Å². The number of amides is 2. The Morgan fingerprint density at radius 1 is 0.968 bits per heavy atom. The largest absolute Gasteiger partial charge is 0.459 e. The quantitative estimate of drug-likeness (QED) is 0.258. The number of carbonyl (C=O) groups excluding carboxylic acids is 2. The lowest BCUT2D eigenvalue weighted by atomic mass is 10.3. The molecule has 1 heterocycles. The van der Waals surface area contributed by atoms with Gasteiger partial charge in [0.15, 0.2) is 0 Å². The van der Waals surface area contributed by atoms with Crippen molar-refractivity contribution in [3.8, 4) is 0 Å². The van der Waals surface area contributed by atoms with Crippen molar-refractivity contribution in [3.05, 3.63) is 82.7 Å². The standard InChI is InChI=1S/C20H17BrN4O5S/c21-17-8-4-5-9-18(17)24-19(26)20(27)25-22-12-14-10-11-15(30-14)13-23-31(28,29)16-6-2-1-3-7-16/h1-12,23H,13H2,(H,24,26)(H,25,27)/b22-12+. The van der Waals surface area contributed by atoms with Gasteiger partial charge in [0.05, 0.1) is 23.3 Å². The number of furan rings is 1. The Kier molecular flexibility index (Phi) is 7.34. The highest BCUT2D eigenvalue weighted by molar-refractivity contribution is 9.10. The van der Waals surface area contributed by atoms with Gasteiger partial charge in [0.25, 0.3) is 0 Å². The molecule has 2 amide bonds. The van der Waals surface area contributed by atoms with E-state index < -0.39 is 21.8 Å². The summed E-state index contributed by atoms with van der Waals surface area (Å²) in [5.41, 5.74) is 2.53. The number of hydrogen-bond donors (Lipinski definition) is 3. The third-order valence-electron chi connectivity index (χ3n) is 3.86. The number of nitrogens with one attached hydrogen (secondary N) is 3. The number of para-hydroxylation sites is 1. The molecule has 0 aliphatic heterocycles. The Morgan fingerprint density at radius 2 is 1.68 bits per heavy atom. The molecule has 0 radical (unpaired) electrons. The van der Waals surface area contributed by atoms with Crippen LogP contribution in [0.25, 0.3) is 0 Å². The van der Waals surface area contributed by atoms with E-state index in [0.29, 0.717) is 15.9 Å². The fraction of sp³-hybridized carbons (Fsp3) is 0.0500. The highest BCUT2D eigenvalue weighted by Gasteiger charge is 2.15. The Balaban J connectivity index is 1.50. The summed E-state index contributed by atoms with van der Waals surface area (Å²) >= 11 is 3.27. The summed E-state index contributed by atoms with van der Waals surface area (Å²) in [6.07, 6.45) is 1.19. The molecule has 0 spiro atoms. The van der Waals surface area contributed by atoms with Crippen molar-refractivity contribution in [1.82, 2.24) is 10.1 Å². The molecule has 3 aromatic rings. The normalized spacial score (nSPS) is 11.4. The van der Waals surface area contributed by atoms with Gasteiger partial charge in [-0.15, -0.1) is 0 Å². The maximum atomic E-state index is 12.2. The van der Waals surface area contributed by atoms with Crippen LogP contribution in [0.15, 0.2) is 85.6 Å². The van der Waals surface area contributed by atoms with Crippen molar-refractivity contribution in [1.29, 1.82) is 0 Å². The molecule has 9 nitrogen and oxygen atoms in total. The van der Waals surface area contributed by atoms with E-state index >= 15 is 0 Å². The minimum absolute atomic E-state index is 0.0637. The number of halogens is 1. The van der Waals surface area contributed by atoms with Gasteiger partial charge in [0.1, 0.15) is 11.5 Å². The van der Waals surface area contributed by atoms with Crippen molar-refractivity contribution in [2.24, 2.45) is 5.10 Å². The number of rotatable bonds is 7. The Labute approximate surface area is 186 Å². The topological polar surface area (TPSA) is 130 Å². The first-order valence-corrected chi connectivity index (χ1v) is 11.1. The molecule has 0 aliphatic rings. The van der Waals surface area contributed by atoms with Crippen molar-refractivity contribution in [2.45, 2.75) is 11.4 Å². The Hall–Kier alpha value is -3.28. The first kappa shape index (κ1) is 22.4. The molecule has 0 bridgehead atoms. The second-order valence-corrected chi connectivity index (χ2v) is 8.70. The van der Waals surface area contributed by atoms with Gasteiger partial charge in [-0.25, -0.2) is 18.6 Å². The molecule has 1 aromatic heterocycles. The zero-order valence-corrected chi connectivity index (χ0v) is 18.3. The van der Waals surface area contributed by atoms with Crippen molar-refractivity contribution in [2.75, 3.05) is 5.32 Å². The minimum atomic E-state index is -3.66. The summed E-state index contributed by atoms with van der Waals surface area (Å²) in [6, 6.07) is 17.9. The van der Waals surface area contributed by atoms with Crippen LogP contribution in [0.2, 0.25) is 0 Å². The smallest absolute Gasteiger partial charge is 0.329 e. The summed E-state index contributed by atoms with van der Waals surface area (Å²) in [4.78, 5) is 23.9. The van der Waals surface area contributed by atoms with E-state index in [1.807, 2.05) is 0 Å². The molecule has 3 rings (SSSR count). The lowest BCUT2D eigenvalue weighted by Crippen LogP contribution is -2.32. The number of carbonyl (C=O) groups is 2. The predicted molar refractivity (Wildman–Crippen MR) is 118 cm³/mol. The number of hydrazone groups is 1. The van der Waals surface area contributed by atoms with Gasteiger partial charge in [-0.1, -0.05) is 30.3 Å². The SMILES string of the molecule is O=C(N/N=C/c1ccc(CNS(=O)(=O)c2ccccc2)o1)C(=O)Nc1ccccc1Br. The van der Waals surface area contributed by atoms with Gasteiger partial charge in [-0.3, -0.25) is 9.59 Å². The molecule has 2 aromatic carbocycles. The first-order valence-electron chi connectivity index (χ1n) is 8.87. The van der Waals surface area contributed by atoms with Crippen LogP contribution in [-0.2, 0) is 26.2 Å². The van der Waals surface area contributed by atoms with Gasteiger partial charge >= 0.3 is 11.8 Å². The highest BCUT2D eigenvalue weighted by atomic mass is 79.9. The molecule has 11 heteroatoms. The third kappa shape index (κ3) is 6.35. The number of hydrogen-bond acceptors (Lipinski definition) is 6. The third-order valence-corrected chi connectivity index (χ3v) is 5.97. The molecule has 0 aliphatic carbocycles. The Bertz CT molecular complexity index is 1210. The van der Waals surface area contributed by atoms with E-state index in [9.17, 15) is 18.0 Å². The van der Waals surface area contributed by atoms with E-state index in [1.165, 1.54) is 18.3 Å². The minimum Gasteiger partial charge on any atom is -0.459 e. The lowest BCUT2D eigenvalue weighted by Gasteiger charge is -2.05. The number of nitrogens with zero attached hydrogens (tertiary/aromatic N) is 1. The van der Waals surface area contributed by atoms with Gasteiger partial charge in [0, 0.05) is 4.47 Å². The second-order valence-electron chi connectivity index (χ2n) is 6.07. The van der Waals surface area contributed by atoms with E-state index in [-0.39, 0.29) is 17.2 Å². The monoisotopic (exact) mass is 504 g/mol. The maximum Gasteiger partial charge on any atom is 0.329 e. The van der Waals surface area contributed by atoms with Gasteiger partial charge in [-0.2, -0.15) is 5.10 Å². The Morgan fingerprint density at radius 3 is 2.42 bits per heavy atom. The molecule has 160 valence electrons.